The highest BCUT2D eigenvalue weighted by atomic mass is 35.5. The Morgan fingerprint density at radius 3 is 2.69 bits per heavy atom. The van der Waals surface area contributed by atoms with Gasteiger partial charge in [0.2, 0.25) is 5.79 Å². The van der Waals surface area contributed by atoms with Gasteiger partial charge in [-0.25, -0.2) is 0 Å². The molecule has 26 heavy (non-hydrogen) atoms. The van der Waals surface area contributed by atoms with Gasteiger partial charge in [0.1, 0.15) is 0 Å². The minimum Gasteiger partial charge on any atom is -0.548 e. The smallest absolute Gasteiger partial charge is 0.208 e. The summed E-state index contributed by atoms with van der Waals surface area (Å²) in [5.74, 6) is -3.37. The number of ketones is 1. The van der Waals surface area contributed by atoms with Crippen molar-refractivity contribution in [3.63, 3.8) is 0 Å². The third-order valence-electron chi connectivity index (χ3n) is 5.62. The molecule has 3 aliphatic rings. The highest BCUT2D eigenvalue weighted by Gasteiger charge is 2.48. The molecule has 1 N–H and O–H groups in total. The fraction of sp³-hybridized carbons (Fsp3) is 0.579. The van der Waals surface area contributed by atoms with Gasteiger partial charge in [-0.05, 0) is 48.3 Å². The van der Waals surface area contributed by atoms with E-state index in [-0.39, 0.29) is 27.7 Å². The number of hydrogen-bond donors (Lipinski definition) is 1. The van der Waals surface area contributed by atoms with Gasteiger partial charge in [0.15, 0.2) is 5.78 Å². The molecule has 2 unspecified atom stereocenters. The lowest BCUT2D eigenvalue weighted by atomic mass is 9.59. The van der Waals surface area contributed by atoms with Crippen molar-refractivity contribution in [3.05, 3.63) is 32.9 Å². The molecule has 0 radical (unpaired) electrons. The van der Waals surface area contributed by atoms with Crippen LogP contribution in [0.5, 0.6) is 0 Å². The number of aliphatic carboxylic acids is 1. The van der Waals surface area contributed by atoms with Crippen LogP contribution in [-0.4, -0.2) is 29.3 Å². The molecule has 0 bridgehead atoms. The molecule has 0 heterocycles. The second kappa shape index (κ2) is 7.12. The summed E-state index contributed by atoms with van der Waals surface area (Å²) in [6.07, 6.45) is 6.51. The van der Waals surface area contributed by atoms with Crippen LogP contribution in [0, 0.1) is 5.41 Å². The zero-order valence-corrected chi connectivity index (χ0v) is 16.1. The zero-order valence-electron chi connectivity index (χ0n) is 14.6. The van der Waals surface area contributed by atoms with Crippen molar-refractivity contribution in [2.24, 2.45) is 5.41 Å². The van der Waals surface area contributed by atoms with Gasteiger partial charge in [0.25, 0.3) is 0 Å². The van der Waals surface area contributed by atoms with Crippen LogP contribution >= 0.6 is 23.2 Å². The van der Waals surface area contributed by atoms with E-state index in [9.17, 15) is 19.8 Å². The number of carboxylic acids is 1. The molecule has 0 spiro atoms. The highest BCUT2D eigenvalue weighted by Crippen LogP contribution is 2.58. The van der Waals surface area contributed by atoms with E-state index < -0.39 is 18.4 Å². The van der Waals surface area contributed by atoms with Crippen molar-refractivity contribution in [3.8, 4) is 0 Å². The second-order valence-electron chi connectivity index (χ2n) is 7.28. The van der Waals surface area contributed by atoms with E-state index in [0.717, 1.165) is 42.4 Å². The molecule has 0 saturated heterocycles. The van der Waals surface area contributed by atoms with E-state index in [1.807, 2.05) is 0 Å². The maximum absolute atomic E-state index is 12.1. The van der Waals surface area contributed by atoms with E-state index in [1.165, 1.54) is 0 Å². The van der Waals surface area contributed by atoms with E-state index in [1.54, 1.807) is 6.08 Å². The molecule has 3 rings (SSSR count). The molecule has 0 fully saturated rings. The Morgan fingerprint density at radius 1 is 1.35 bits per heavy atom. The standard InChI is InChI=1S/C19H22Cl2O5/c1-2-5-18-6-3-11-9-19(25,26-10-14(23)24)17(21)16(20)15(11)13(18)8-12(22)4-7-18/h8,25H,2-7,9-10H2,1H3,(H,23,24)/p-1. The quantitative estimate of drug-likeness (QED) is 0.718. The Bertz CT molecular complexity index is 751. The van der Waals surface area contributed by atoms with E-state index in [0.29, 0.717) is 12.8 Å². The van der Waals surface area contributed by atoms with E-state index in [2.05, 4.69) is 6.92 Å². The average molecular weight is 400 g/mol. The predicted octanol–water partition coefficient (Wildman–Crippen LogP) is 2.70. The molecule has 5 nitrogen and oxygen atoms in total. The Labute approximate surface area is 162 Å². The van der Waals surface area contributed by atoms with Crippen molar-refractivity contribution < 1.29 is 24.5 Å². The number of aliphatic hydroxyl groups is 1. The maximum atomic E-state index is 12.1. The number of fused-ring (bicyclic) bond motifs is 2. The molecule has 2 atom stereocenters. The van der Waals surface area contributed by atoms with Gasteiger partial charge in [-0.2, -0.15) is 0 Å². The lowest BCUT2D eigenvalue weighted by molar-refractivity contribution is -0.316. The number of halogens is 2. The minimum absolute atomic E-state index is 0.0262. The van der Waals surface area contributed by atoms with Crippen molar-refractivity contribution in [1.82, 2.24) is 0 Å². The van der Waals surface area contributed by atoms with Crippen LogP contribution in [0.25, 0.3) is 0 Å². The molecule has 0 aliphatic heterocycles. The topological polar surface area (TPSA) is 86.7 Å². The average Bonchev–Trinajstić information content (AvgIpc) is 2.59. The summed E-state index contributed by atoms with van der Waals surface area (Å²) in [7, 11) is 0. The number of carbonyl (C=O) groups excluding carboxylic acids is 2. The zero-order chi connectivity index (χ0) is 19.1. The number of hydrogen-bond acceptors (Lipinski definition) is 5. The molecule has 0 saturated carbocycles. The van der Waals surface area contributed by atoms with Crippen LogP contribution in [0.3, 0.4) is 0 Å². The summed E-state index contributed by atoms with van der Waals surface area (Å²) >= 11 is 12.8. The van der Waals surface area contributed by atoms with Gasteiger partial charge in [-0.1, -0.05) is 42.1 Å². The molecule has 0 aromatic carbocycles. The Morgan fingerprint density at radius 2 is 2.04 bits per heavy atom. The molecule has 0 amide bonds. The maximum Gasteiger partial charge on any atom is 0.208 e. The lowest BCUT2D eigenvalue weighted by Gasteiger charge is -2.47. The number of allylic oxidation sites excluding steroid dienone is 4. The third-order valence-corrected chi connectivity index (χ3v) is 6.58. The first-order valence-electron chi connectivity index (χ1n) is 8.82. The molecule has 3 aliphatic carbocycles. The normalized spacial score (nSPS) is 31.5. The fourth-order valence-electron chi connectivity index (χ4n) is 4.44. The summed E-state index contributed by atoms with van der Waals surface area (Å²) in [5, 5.41) is 21.4. The van der Waals surface area contributed by atoms with Gasteiger partial charge in [0, 0.05) is 12.8 Å². The monoisotopic (exact) mass is 399 g/mol. The number of ether oxygens (including phenoxy) is 1. The highest BCUT2D eigenvalue weighted by molar-refractivity contribution is 6.42. The second-order valence-corrected chi connectivity index (χ2v) is 8.04. The van der Waals surface area contributed by atoms with E-state index >= 15 is 0 Å². The third kappa shape index (κ3) is 3.26. The van der Waals surface area contributed by atoms with Crippen LogP contribution in [0.4, 0.5) is 0 Å². The summed E-state index contributed by atoms with van der Waals surface area (Å²) in [6.45, 7) is 1.32. The molecule has 0 aromatic rings. The Hall–Kier alpha value is -1.14. The Kier molecular flexibility index (Phi) is 5.37. The fourth-order valence-corrected chi connectivity index (χ4v) is 5.04. The summed E-state index contributed by atoms with van der Waals surface area (Å²) in [6, 6.07) is 0. The van der Waals surface area contributed by atoms with Crippen LogP contribution in [0.2, 0.25) is 0 Å². The first-order chi connectivity index (χ1) is 12.2. The molecule has 142 valence electrons. The largest absolute Gasteiger partial charge is 0.548 e. The van der Waals surface area contributed by atoms with Gasteiger partial charge in [0.05, 0.1) is 22.6 Å². The summed E-state index contributed by atoms with van der Waals surface area (Å²) in [4.78, 5) is 22.8. The van der Waals surface area contributed by atoms with Crippen LogP contribution in [0.1, 0.15) is 51.9 Å². The van der Waals surface area contributed by atoms with Gasteiger partial charge >= 0.3 is 0 Å². The number of rotatable bonds is 5. The molecule has 7 heteroatoms. The van der Waals surface area contributed by atoms with Gasteiger partial charge in [-0.3, -0.25) is 4.79 Å². The predicted molar refractivity (Wildman–Crippen MR) is 95.2 cm³/mol. The molecular weight excluding hydrogens is 379 g/mol. The lowest BCUT2D eigenvalue weighted by Crippen LogP contribution is -2.43. The molecule has 0 aromatic heterocycles. The first kappa shape index (κ1) is 19.6. The van der Waals surface area contributed by atoms with Gasteiger partial charge in [-0.15, -0.1) is 0 Å². The summed E-state index contributed by atoms with van der Waals surface area (Å²) < 4.78 is 5.09. The van der Waals surface area contributed by atoms with Crippen LogP contribution in [-0.2, 0) is 14.3 Å². The van der Waals surface area contributed by atoms with E-state index in [4.69, 9.17) is 27.9 Å². The number of carbonyl (C=O) groups is 2. The summed E-state index contributed by atoms with van der Waals surface area (Å²) in [5.41, 5.74) is 2.38. The number of carboxylic acid groups (broad SMARTS) is 1. The first-order valence-corrected chi connectivity index (χ1v) is 9.58. The van der Waals surface area contributed by atoms with Gasteiger partial charge < -0.3 is 19.7 Å². The van der Waals surface area contributed by atoms with Crippen molar-refractivity contribution in [1.29, 1.82) is 0 Å². The molecular formula is C19H21Cl2O5-. The van der Waals surface area contributed by atoms with Crippen LogP contribution in [0.15, 0.2) is 32.9 Å². The Balaban J connectivity index is 2.05. The SMILES string of the molecule is CCCC12CCC(=O)C=C1C1=C(CC2)CC(O)(OCC(=O)[O-])C(Cl)=C1Cl. The van der Waals surface area contributed by atoms with Crippen LogP contribution < -0.4 is 5.11 Å². The van der Waals surface area contributed by atoms with Crippen molar-refractivity contribution >= 4 is 35.0 Å². The minimum atomic E-state index is -1.98. The van der Waals surface area contributed by atoms with Crippen molar-refractivity contribution in [2.45, 2.75) is 57.7 Å². The van der Waals surface area contributed by atoms with Crippen molar-refractivity contribution in [2.75, 3.05) is 6.61 Å².